The number of fused-ring (bicyclic) bond motifs is 2. The Morgan fingerprint density at radius 3 is 2.14 bits per heavy atom. The van der Waals surface area contributed by atoms with Crippen LogP contribution in [0, 0.1) is 0 Å². The Labute approximate surface area is 127 Å². The van der Waals surface area contributed by atoms with Gasteiger partial charge in [-0.25, -0.2) is 0 Å². The summed E-state index contributed by atoms with van der Waals surface area (Å²) in [7, 11) is 0. The van der Waals surface area contributed by atoms with Gasteiger partial charge >= 0.3 is 0 Å². The fraction of sp³-hybridized carbons (Fsp3) is 0.368. The van der Waals surface area contributed by atoms with E-state index in [1.165, 1.54) is 22.3 Å². The van der Waals surface area contributed by atoms with Gasteiger partial charge in [0, 0.05) is 6.54 Å². The van der Waals surface area contributed by atoms with E-state index in [0.717, 1.165) is 19.6 Å². The molecule has 1 aliphatic carbocycles. The maximum atomic E-state index is 5.65. The molecule has 0 amide bonds. The molecule has 2 aromatic carbocycles. The van der Waals surface area contributed by atoms with Crippen LogP contribution in [0.4, 0.5) is 0 Å². The van der Waals surface area contributed by atoms with Crippen molar-refractivity contribution in [3.8, 4) is 0 Å². The fourth-order valence-electron chi connectivity index (χ4n) is 3.04. The summed E-state index contributed by atoms with van der Waals surface area (Å²) < 4.78 is 5.65. The number of rotatable bonds is 5. The molecule has 2 nitrogen and oxygen atoms in total. The molecule has 1 N–H and O–H groups in total. The lowest BCUT2D eigenvalue weighted by atomic mass is 9.82. The third-order valence-electron chi connectivity index (χ3n) is 4.01. The predicted octanol–water partition coefficient (Wildman–Crippen LogP) is 3.69. The summed E-state index contributed by atoms with van der Waals surface area (Å²) in [5, 5.41) is 3.66. The summed E-state index contributed by atoms with van der Waals surface area (Å²) in [6.07, 6.45) is 1.32. The smallest absolute Gasteiger partial charge is 0.0594 e. The largest absolute Gasteiger partial charge is 0.377 e. The second-order valence-corrected chi connectivity index (χ2v) is 5.88. The van der Waals surface area contributed by atoms with Gasteiger partial charge in [-0.15, -0.1) is 0 Å². The first kappa shape index (κ1) is 14.3. The lowest BCUT2D eigenvalue weighted by Gasteiger charge is -2.29. The van der Waals surface area contributed by atoms with Gasteiger partial charge in [0.2, 0.25) is 0 Å². The van der Waals surface area contributed by atoms with Crippen LogP contribution in [-0.2, 0) is 11.2 Å². The van der Waals surface area contributed by atoms with Crippen molar-refractivity contribution in [2.45, 2.75) is 32.4 Å². The van der Waals surface area contributed by atoms with Crippen molar-refractivity contribution in [3.05, 3.63) is 70.8 Å². The summed E-state index contributed by atoms with van der Waals surface area (Å²) in [4.78, 5) is 0. The highest BCUT2D eigenvalue weighted by atomic mass is 16.5. The van der Waals surface area contributed by atoms with Crippen LogP contribution in [0.25, 0.3) is 0 Å². The number of hydrogen-bond donors (Lipinski definition) is 1. The van der Waals surface area contributed by atoms with E-state index in [-0.39, 0.29) is 12.1 Å². The van der Waals surface area contributed by atoms with Crippen molar-refractivity contribution >= 4 is 0 Å². The Balaban J connectivity index is 1.81. The highest BCUT2D eigenvalue weighted by Crippen LogP contribution is 2.34. The summed E-state index contributed by atoms with van der Waals surface area (Å²) >= 11 is 0. The Morgan fingerprint density at radius 2 is 1.57 bits per heavy atom. The lowest BCUT2D eigenvalue weighted by Crippen LogP contribution is -2.30. The molecule has 0 aromatic heterocycles. The molecule has 0 heterocycles. The summed E-state index contributed by atoms with van der Waals surface area (Å²) in [5.41, 5.74) is 5.67. The summed E-state index contributed by atoms with van der Waals surface area (Å²) in [6.45, 7) is 5.76. The van der Waals surface area contributed by atoms with Crippen LogP contribution in [-0.4, -0.2) is 19.3 Å². The Bertz CT molecular complexity index is 561. The first-order chi connectivity index (χ1) is 10.3. The highest BCUT2D eigenvalue weighted by Gasteiger charge is 2.24. The molecule has 21 heavy (non-hydrogen) atoms. The average molecular weight is 281 g/mol. The van der Waals surface area contributed by atoms with Crippen LogP contribution in [0.5, 0.6) is 0 Å². The van der Waals surface area contributed by atoms with E-state index in [1.54, 1.807) is 0 Å². The predicted molar refractivity (Wildman–Crippen MR) is 86.6 cm³/mol. The average Bonchev–Trinajstić information content (AvgIpc) is 2.50. The fourth-order valence-corrected chi connectivity index (χ4v) is 3.04. The van der Waals surface area contributed by atoms with Crippen molar-refractivity contribution in [2.24, 2.45) is 0 Å². The monoisotopic (exact) mass is 281 g/mol. The van der Waals surface area contributed by atoms with Gasteiger partial charge in [0.1, 0.15) is 0 Å². The van der Waals surface area contributed by atoms with E-state index in [0.29, 0.717) is 0 Å². The van der Waals surface area contributed by atoms with Crippen molar-refractivity contribution in [3.63, 3.8) is 0 Å². The third kappa shape index (κ3) is 3.17. The topological polar surface area (TPSA) is 21.3 Å². The lowest BCUT2D eigenvalue weighted by molar-refractivity contribution is 0.0799. The standard InChI is InChI=1S/C19H23NO/c1-14(2)21-12-11-20-19-17-9-5-3-7-15(17)13-16-8-4-6-10-18(16)19/h3-10,14,19-20H,11-13H2,1-2H3. The minimum Gasteiger partial charge on any atom is -0.377 e. The molecule has 0 bridgehead atoms. The second-order valence-electron chi connectivity index (χ2n) is 5.88. The van der Waals surface area contributed by atoms with Crippen molar-refractivity contribution in [1.82, 2.24) is 5.32 Å². The van der Waals surface area contributed by atoms with E-state index in [1.807, 2.05) is 0 Å². The molecule has 0 atom stereocenters. The maximum absolute atomic E-state index is 5.65. The Morgan fingerprint density at radius 1 is 1.00 bits per heavy atom. The molecule has 0 aliphatic heterocycles. The number of nitrogens with one attached hydrogen (secondary N) is 1. The number of ether oxygens (including phenoxy) is 1. The molecule has 2 heteroatoms. The van der Waals surface area contributed by atoms with E-state index in [9.17, 15) is 0 Å². The molecule has 0 fully saturated rings. The zero-order valence-electron chi connectivity index (χ0n) is 12.8. The van der Waals surface area contributed by atoms with Crippen molar-refractivity contribution in [2.75, 3.05) is 13.2 Å². The van der Waals surface area contributed by atoms with E-state index >= 15 is 0 Å². The summed E-state index contributed by atoms with van der Waals surface area (Å²) in [5.74, 6) is 0. The molecular weight excluding hydrogens is 258 g/mol. The molecule has 0 radical (unpaired) electrons. The van der Waals surface area contributed by atoms with Gasteiger partial charge in [-0.05, 0) is 42.5 Å². The number of benzene rings is 2. The molecule has 3 rings (SSSR count). The van der Waals surface area contributed by atoms with Gasteiger partial charge in [0.25, 0.3) is 0 Å². The van der Waals surface area contributed by atoms with Gasteiger partial charge in [-0.1, -0.05) is 48.5 Å². The van der Waals surface area contributed by atoms with Crippen LogP contribution in [0.2, 0.25) is 0 Å². The first-order valence-electron chi connectivity index (χ1n) is 7.76. The van der Waals surface area contributed by atoms with Crippen molar-refractivity contribution < 1.29 is 4.74 Å². The quantitative estimate of drug-likeness (QED) is 0.844. The van der Waals surface area contributed by atoms with Gasteiger partial charge in [-0.3, -0.25) is 0 Å². The van der Waals surface area contributed by atoms with E-state index in [2.05, 4.69) is 67.7 Å². The van der Waals surface area contributed by atoms with E-state index in [4.69, 9.17) is 4.74 Å². The minimum absolute atomic E-state index is 0.280. The van der Waals surface area contributed by atoms with Crippen LogP contribution in [0.3, 0.4) is 0 Å². The van der Waals surface area contributed by atoms with Gasteiger partial charge in [0.15, 0.2) is 0 Å². The second kappa shape index (κ2) is 6.42. The molecular formula is C19H23NO. The highest BCUT2D eigenvalue weighted by molar-refractivity contribution is 5.48. The van der Waals surface area contributed by atoms with Crippen molar-refractivity contribution in [1.29, 1.82) is 0 Å². The van der Waals surface area contributed by atoms with Crippen LogP contribution in [0.15, 0.2) is 48.5 Å². The first-order valence-corrected chi connectivity index (χ1v) is 7.76. The SMILES string of the molecule is CC(C)OCCNC1c2ccccc2Cc2ccccc21. The molecule has 2 aromatic rings. The molecule has 0 saturated heterocycles. The zero-order chi connectivity index (χ0) is 14.7. The third-order valence-corrected chi connectivity index (χ3v) is 4.01. The Kier molecular flexibility index (Phi) is 4.37. The molecule has 110 valence electrons. The van der Waals surface area contributed by atoms with Crippen LogP contribution >= 0.6 is 0 Å². The molecule has 0 unspecified atom stereocenters. The summed E-state index contributed by atoms with van der Waals surface area (Å²) in [6, 6.07) is 17.8. The van der Waals surface area contributed by atoms with Gasteiger partial charge in [-0.2, -0.15) is 0 Å². The molecule has 1 aliphatic rings. The van der Waals surface area contributed by atoms with E-state index < -0.39 is 0 Å². The zero-order valence-corrected chi connectivity index (χ0v) is 12.8. The minimum atomic E-state index is 0.280. The van der Waals surface area contributed by atoms with Gasteiger partial charge in [0.05, 0.1) is 18.8 Å². The normalized spacial score (nSPS) is 14.0. The maximum Gasteiger partial charge on any atom is 0.0594 e. The van der Waals surface area contributed by atoms with Crippen LogP contribution < -0.4 is 5.32 Å². The number of hydrogen-bond acceptors (Lipinski definition) is 2. The molecule has 0 spiro atoms. The Hall–Kier alpha value is -1.64. The van der Waals surface area contributed by atoms with Crippen LogP contribution in [0.1, 0.15) is 42.1 Å². The van der Waals surface area contributed by atoms with Gasteiger partial charge < -0.3 is 10.1 Å². The molecule has 0 saturated carbocycles.